The summed E-state index contributed by atoms with van der Waals surface area (Å²) in [5.74, 6) is -0.660. The lowest BCUT2D eigenvalue weighted by Crippen LogP contribution is -2.20. The zero-order valence-corrected chi connectivity index (χ0v) is 19.1. The molecule has 2 N–H and O–H groups in total. The fourth-order valence-electron chi connectivity index (χ4n) is 3.11. The van der Waals surface area contributed by atoms with E-state index in [1.165, 1.54) is 30.3 Å². The topological polar surface area (TPSA) is 134 Å². The molecule has 0 heterocycles. The predicted octanol–water partition coefficient (Wildman–Crippen LogP) is 4.77. The quantitative estimate of drug-likeness (QED) is 0.211. The Hall–Kier alpha value is -4.97. The lowest BCUT2D eigenvalue weighted by Gasteiger charge is -2.11. The summed E-state index contributed by atoms with van der Waals surface area (Å²) in [5, 5.41) is 25.6. The van der Waals surface area contributed by atoms with Crippen molar-refractivity contribution in [2.45, 2.75) is 13.8 Å². The van der Waals surface area contributed by atoms with Gasteiger partial charge in [-0.3, -0.25) is 19.7 Å². The second-order valence-corrected chi connectivity index (χ2v) is 7.66. The zero-order valence-electron chi connectivity index (χ0n) is 19.1. The minimum atomic E-state index is -0.716. The summed E-state index contributed by atoms with van der Waals surface area (Å²) in [6.45, 7) is 3.61. The molecule has 0 saturated carbocycles. The van der Waals surface area contributed by atoms with Gasteiger partial charge in [0, 0.05) is 23.5 Å². The Morgan fingerprint density at radius 2 is 1.83 bits per heavy atom. The molecule has 0 aliphatic heterocycles. The van der Waals surface area contributed by atoms with Crippen LogP contribution >= 0.6 is 0 Å². The molecule has 0 fully saturated rings. The molecule has 0 aliphatic rings. The first-order chi connectivity index (χ1) is 16.7. The normalized spacial score (nSPS) is 10.7. The Bertz CT molecular complexity index is 1360. The Labute approximate surface area is 201 Å². The van der Waals surface area contributed by atoms with Gasteiger partial charge in [-0.05, 0) is 60.9 Å². The van der Waals surface area contributed by atoms with Gasteiger partial charge in [0.25, 0.3) is 17.5 Å². The minimum Gasteiger partial charge on any atom is -0.484 e. The molecular formula is C26H22N4O5. The maximum absolute atomic E-state index is 12.5. The Morgan fingerprint density at radius 3 is 2.57 bits per heavy atom. The highest BCUT2D eigenvalue weighted by Gasteiger charge is 2.13. The number of carbonyl (C=O) groups is 2. The van der Waals surface area contributed by atoms with Crippen molar-refractivity contribution in [1.29, 1.82) is 5.26 Å². The molecular weight excluding hydrogens is 448 g/mol. The summed E-state index contributed by atoms with van der Waals surface area (Å²) in [7, 11) is 0. The first kappa shape index (κ1) is 24.7. The van der Waals surface area contributed by atoms with E-state index in [1.807, 2.05) is 38.1 Å². The number of hydrogen-bond acceptors (Lipinski definition) is 6. The number of nitrogens with zero attached hydrogens (tertiary/aromatic N) is 2. The van der Waals surface area contributed by atoms with Crippen LogP contribution < -0.4 is 15.4 Å². The van der Waals surface area contributed by atoms with Crippen LogP contribution in [0.25, 0.3) is 6.08 Å². The number of nitriles is 1. The fourth-order valence-corrected chi connectivity index (χ4v) is 3.11. The van der Waals surface area contributed by atoms with Crippen LogP contribution in [-0.4, -0.2) is 23.3 Å². The van der Waals surface area contributed by atoms with Gasteiger partial charge in [-0.1, -0.05) is 30.3 Å². The van der Waals surface area contributed by atoms with Gasteiger partial charge in [-0.15, -0.1) is 0 Å². The van der Waals surface area contributed by atoms with Crippen LogP contribution in [0, 0.1) is 35.3 Å². The third kappa shape index (κ3) is 7.00. The largest absolute Gasteiger partial charge is 0.484 e. The monoisotopic (exact) mass is 470 g/mol. The van der Waals surface area contributed by atoms with Crippen molar-refractivity contribution in [2.24, 2.45) is 0 Å². The summed E-state index contributed by atoms with van der Waals surface area (Å²) in [4.78, 5) is 35.1. The summed E-state index contributed by atoms with van der Waals surface area (Å²) in [6, 6.07) is 19.6. The number of nitro groups is 1. The van der Waals surface area contributed by atoms with Gasteiger partial charge in [0.15, 0.2) is 6.61 Å². The number of carbonyl (C=O) groups excluding carboxylic acids is 2. The van der Waals surface area contributed by atoms with E-state index in [2.05, 4.69) is 10.6 Å². The van der Waals surface area contributed by atoms with Gasteiger partial charge in [-0.2, -0.15) is 5.26 Å². The third-order valence-corrected chi connectivity index (χ3v) is 4.89. The Morgan fingerprint density at radius 1 is 1.06 bits per heavy atom. The summed E-state index contributed by atoms with van der Waals surface area (Å²) >= 11 is 0. The van der Waals surface area contributed by atoms with Crippen molar-refractivity contribution < 1.29 is 19.2 Å². The van der Waals surface area contributed by atoms with Gasteiger partial charge >= 0.3 is 0 Å². The van der Waals surface area contributed by atoms with Gasteiger partial charge in [0.1, 0.15) is 17.4 Å². The number of aryl methyl sites for hydroxylation is 2. The molecule has 0 spiro atoms. The number of benzene rings is 3. The number of nitrogens with one attached hydrogen (secondary N) is 2. The SMILES string of the molecule is Cc1ccc(C)c(NC(=O)COc2cccc(/C=C(/C#N)C(=O)Nc3cccc([N+](=O)[O-])c3)c2)c1. The fraction of sp³-hybridized carbons (Fsp3) is 0.115. The van der Waals surface area contributed by atoms with Crippen LogP contribution in [-0.2, 0) is 9.59 Å². The molecule has 0 unspecified atom stereocenters. The molecule has 0 bridgehead atoms. The molecule has 9 heteroatoms. The highest BCUT2D eigenvalue weighted by molar-refractivity contribution is 6.09. The molecule has 3 aromatic rings. The number of hydrogen-bond donors (Lipinski definition) is 2. The van der Waals surface area contributed by atoms with Gasteiger partial charge in [0.2, 0.25) is 0 Å². The van der Waals surface area contributed by atoms with E-state index in [0.29, 0.717) is 17.0 Å². The highest BCUT2D eigenvalue weighted by atomic mass is 16.6. The molecule has 0 radical (unpaired) electrons. The third-order valence-electron chi connectivity index (χ3n) is 4.89. The standard InChI is InChI=1S/C26H22N4O5/c1-17-9-10-18(2)24(11-17)29-25(31)16-35-23-8-3-5-19(13-23)12-20(15-27)26(32)28-21-6-4-7-22(14-21)30(33)34/h3-14H,16H2,1-2H3,(H,28,32)(H,29,31)/b20-12-. The summed E-state index contributed by atoms with van der Waals surface area (Å²) < 4.78 is 5.57. The zero-order chi connectivity index (χ0) is 25.4. The van der Waals surface area contributed by atoms with E-state index >= 15 is 0 Å². The molecule has 2 amide bonds. The van der Waals surface area contributed by atoms with Crippen LogP contribution in [0.15, 0.2) is 72.3 Å². The van der Waals surface area contributed by atoms with E-state index in [1.54, 1.807) is 24.3 Å². The molecule has 9 nitrogen and oxygen atoms in total. The van der Waals surface area contributed by atoms with Crippen molar-refractivity contribution in [3.05, 3.63) is 99.1 Å². The number of non-ortho nitro benzene ring substituents is 1. The van der Waals surface area contributed by atoms with Gasteiger partial charge < -0.3 is 15.4 Å². The number of rotatable bonds is 8. The molecule has 0 aliphatic carbocycles. The van der Waals surface area contributed by atoms with Crippen LogP contribution in [0.2, 0.25) is 0 Å². The lowest BCUT2D eigenvalue weighted by molar-refractivity contribution is -0.384. The average Bonchev–Trinajstić information content (AvgIpc) is 2.84. The molecule has 3 rings (SSSR count). The maximum atomic E-state index is 12.5. The van der Waals surface area contributed by atoms with E-state index < -0.39 is 10.8 Å². The Kier molecular flexibility index (Phi) is 7.93. The van der Waals surface area contributed by atoms with Gasteiger partial charge in [-0.25, -0.2) is 0 Å². The van der Waals surface area contributed by atoms with E-state index in [-0.39, 0.29) is 29.5 Å². The Balaban J connectivity index is 1.66. The minimum absolute atomic E-state index is 0.184. The maximum Gasteiger partial charge on any atom is 0.271 e. The van der Waals surface area contributed by atoms with Crippen molar-refractivity contribution in [3.63, 3.8) is 0 Å². The summed E-state index contributed by atoms with van der Waals surface area (Å²) in [5.41, 5.74) is 2.97. The first-order valence-electron chi connectivity index (χ1n) is 10.5. The van der Waals surface area contributed by atoms with Crippen LogP contribution in [0.4, 0.5) is 17.1 Å². The van der Waals surface area contributed by atoms with Crippen LogP contribution in [0.3, 0.4) is 0 Å². The predicted molar refractivity (Wildman–Crippen MR) is 132 cm³/mol. The highest BCUT2D eigenvalue weighted by Crippen LogP contribution is 2.20. The average molecular weight is 470 g/mol. The van der Waals surface area contributed by atoms with E-state index in [4.69, 9.17) is 4.74 Å². The van der Waals surface area contributed by atoms with Gasteiger partial charge in [0.05, 0.1) is 4.92 Å². The number of ether oxygens (including phenoxy) is 1. The van der Waals surface area contributed by atoms with Crippen molar-refractivity contribution in [2.75, 3.05) is 17.2 Å². The second kappa shape index (κ2) is 11.2. The first-order valence-corrected chi connectivity index (χ1v) is 10.5. The number of nitro benzene ring substituents is 1. The second-order valence-electron chi connectivity index (χ2n) is 7.66. The van der Waals surface area contributed by atoms with Crippen LogP contribution in [0.1, 0.15) is 16.7 Å². The van der Waals surface area contributed by atoms with Crippen molar-refractivity contribution in [3.8, 4) is 11.8 Å². The van der Waals surface area contributed by atoms with Crippen LogP contribution in [0.5, 0.6) is 5.75 Å². The number of amides is 2. The molecule has 0 aromatic heterocycles. The number of anilines is 2. The van der Waals surface area contributed by atoms with Crippen molar-refractivity contribution in [1.82, 2.24) is 0 Å². The molecule has 176 valence electrons. The van der Waals surface area contributed by atoms with E-state index in [9.17, 15) is 25.0 Å². The smallest absolute Gasteiger partial charge is 0.271 e. The van der Waals surface area contributed by atoms with Crippen molar-refractivity contribution >= 4 is 35.0 Å². The van der Waals surface area contributed by atoms with E-state index in [0.717, 1.165) is 11.1 Å². The molecule has 0 atom stereocenters. The molecule has 3 aromatic carbocycles. The molecule has 35 heavy (non-hydrogen) atoms. The lowest BCUT2D eigenvalue weighted by atomic mass is 10.1. The summed E-state index contributed by atoms with van der Waals surface area (Å²) in [6.07, 6.45) is 1.36. The molecule has 0 saturated heterocycles.